The highest BCUT2D eigenvalue weighted by Crippen LogP contribution is 2.40. The Balaban J connectivity index is 2.16. The number of aliphatic carboxylic acids is 2. The number of hydroxylamine groups is 2. The van der Waals surface area contributed by atoms with Gasteiger partial charge in [0.2, 0.25) is 12.7 Å². The number of nitrogen functional groups attached to an aromatic ring is 1. The number of anilines is 1. The number of thiazole rings is 1. The number of hydrogen-bond donors (Lipinski definition) is 4. The topological polar surface area (TPSA) is 202 Å². The van der Waals surface area contributed by atoms with E-state index < -0.39 is 54.4 Å². The van der Waals surface area contributed by atoms with Crippen molar-refractivity contribution in [3.05, 3.63) is 11.1 Å². The Morgan fingerprint density at radius 1 is 1.40 bits per heavy atom. The van der Waals surface area contributed by atoms with Crippen LogP contribution in [0.3, 0.4) is 0 Å². The van der Waals surface area contributed by atoms with E-state index in [1.807, 2.05) is 0 Å². The Morgan fingerprint density at radius 2 is 2.07 bits per heavy atom. The highest BCUT2D eigenvalue weighted by molar-refractivity contribution is 7.13. The summed E-state index contributed by atoms with van der Waals surface area (Å²) in [7, 11) is 0. The molecule has 30 heavy (non-hydrogen) atoms. The maximum atomic E-state index is 12.8. The van der Waals surface area contributed by atoms with E-state index in [1.54, 1.807) is 13.8 Å². The number of nitrogens with two attached hydrogens (primary N) is 1. The number of aromatic nitrogens is 1. The molecule has 1 aliphatic rings. The normalized spacial score (nSPS) is 19.2. The molecule has 0 spiro atoms. The maximum absolute atomic E-state index is 12.8. The van der Waals surface area contributed by atoms with Gasteiger partial charge >= 0.3 is 11.9 Å². The summed E-state index contributed by atoms with van der Waals surface area (Å²) in [5.74, 6) is -4.96. The number of aliphatic hydroxyl groups excluding tert-OH is 1. The standard InChI is InChI=1S/C16H20N4O9S/c1-16(2)7(13(25)20(16)29-10(4-21)14(26)27)3-9(22)12(19-28-5-11(23)24)8-6-30-15(17)18-8/h6-7,10,21H,3-5H2,1-2H3,(H2,17,18)(H,23,24)(H,26,27)/b19-12-/t7-,10?/m1/s1. The number of nitrogens with zero attached hydrogens (tertiary/aromatic N) is 3. The highest BCUT2D eigenvalue weighted by atomic mass is 32.1. The fourth-order valence-corrected chi connectivity index (χ4v) is 3.23. The number of aliphatic hydroxyl groups is 1. The number of Topliss-reactive ketones (excluding diaryl/α,β-unsaturated/α-hetero) is 1. The number of ketones is 1. The summed E-state index contributed by atoms with van der Waals surface area (Å²) in [6, 6.07) is 0. The first kappa shape index (κ1) is 23.2. The molecule has 164 valence electrons. The third-order valence-corrected chi connectivity index (χ3v) is 4.98. The van der Waals surface area contributed by atoms with Crippen molar-refractivity contribution < 1.29 is 44.2 Å². The Kier molecular flexibility index (Phi) is 7.07. The summed E-state index contributed by atoms with van der Waals surface area (Å²) < 4.78 is 0. The fraction of sp³-hybridized carbons (Fsp3) is 0.500. The highest BCUT2D eigenvalue weighted by Gasteiger charge is 2.57. The van der Waals surface area contributed by atoms with Gasteiger partial charge in [-0.05, 0) is 13.8 Å². The number of carboxylic acid groups (broad SMARTS) is 2. The van der Waals surface area contributed by atoms with Crippen LogP contribution in [-0.4, -0.2) is 79.6 Å². The van der Waals surface area contributed by atoms with E-state index >= 15 is 0 Å². The van der Waals surface area contributed by atoms with E-state index in [-0.39, 0.29) is 23.0 Å². The number of carboxylic acids is 2. The monoisotopic (exact) mass is 444 g/mol. The van der Waals surface area contributed by atoms with Crippen molar-refractivity contribution in [2.45, 2.75) is 31.9 Å². The van der Waals surface area contributed by atoms with Gasteiger partial charge in [0.1, 0.15) is 5.69 Å². The average molecular weight is 444 g/mol. The first-order valence-corrected chi connectivity index (χ1v) is 9.37. The number of oxime groups is 1. The number of amides is 1. The molecular weight excluding hydrogens is 424 g/mol. The molecule has 0 radical (unpaired) electrons. The molecule has 14 heteroatoms. The number of hydrogen-bond acceptors (Lipinski definition) is 11. The van der Waals surface area contributed by atoms with Gasteiger partial charge in [-0.25, -0.2) is 19.6 Å². The molecule has 2 atom stereocenters. The molecule has 1 aliphatic heterocycles. The zero-order valence-corrected chi connectivity index (χ0v) is 16.8. The van der Waals surface area contributed by atoms with E-state index in [0.717, 1.165) is 16.4 Å². The molecule has 1 fully saturated rings. The molecule has 1 saturated heterocycles. The lowest BCUT2D eigenvalue weighted by Gasteiger charge is -2.52. The molecule has 1 aromatic heterocycles. The fourth-order valence-electron chi connectivity index (χ4n) is 2.68. The lowest BCUT2D eigenvalue weighted by molar-refractivity contribution is -0.287. The Labute approximate surface area is 173 Å². The third-order valence-electron chi connectivity index (χ3n) is 4.31. The molecule has 0 aromatic carbocycles. The van der Waals surface area contributed by atoms with E-state index in [2.05, 4.69) is 15.0 Å². The number of β-lactam (4-membered cyclic amide) rings is 1. The number of rotatable bonds is 11. The second-order valence-corrected chi connectivity index (χ2v) is 7.65. The van der Waals surface area contributed by atoms with Gasteiger partial charge in [0.05, 0.1) is 18.1 Å². The van der Waals surface area contributed by atoms with Gasteiger partial charge in [-0.15, -0.1) is 11.3 Å². The van der Waals surface area contributed by atoms with Crippen LogP contribution in [0.5, 0.6) is 0 Å². The van der Waals surface area contributed by atoms with Gasteiger partial charge in [-0.1, -0.05) is 5.16 Å². The molecule has 0 bridgehead atoms. The van der Waals surface area contributed by atoms with Crippen LogP contribution in [0.2, 0.25) is 0 Å². The van der Waals surface area contributed by atoms with Crippen LogP contribution >= 0.6 is 11.3 Å². The van der Waals surface area contributed by atoms with E-state index in [9.17, 15) is 19.2 Å². The average Bonchev–Trinajstić information content (AvgIpc) is 3.08. The van der Waals surface area contributed by atoms with Gasteiger partial charge in [0.15, 0.2) is 16.6 Å². The molecular formula is C16H20N4O9S. The van der Waals surface area contributed by atoms with Gasteiger partial charge in [-0.3, -0.25) is 14.4 Å². The minimum Gasteiger partial charge on any atom is -0.479 e. The minimum atomic E-state index is -1.63. The molecule has 1 amide bonds. The quantitative estimate of drug-likeness (QED) is 0.187. The Hall–Kier alpha value is -3.10. The predicted molar refractivity (Wildman–Crippen MR) is 100 cm³/mol. The zero-order chi connectivity index (χ0) is 22.6. The van der Waals surface area contributed by atoms with Crippen molar-refractivity contribution in [3.63, 3.8) is 0 Å². The smallest absolute Gasteiger partial charge is 0.344 e. The maximum Gasteiger partial charge on any atom is 0.344 e. The second kappa shape index (κ2) is 9.15. The van der Waals surface area contributed by atoms with Crippen LogP contribution in [0.15, 0.2) is 10.5 Å². The first-order chi connectivity index (χ1) is 14.0. The Bertz CT molecular complexity index is 882. The van der Waals surface area contributed by atoms with Gasteiger partial charge in [0.25, 0.3) is 5.91 Å². The van der Waals surface area contributed by atoms with E-state index in [1.165, 1.54) is 5.38 Å². The third kappa shape index (κ3) is 4.90. The molecule has 2 heterocycles. The predicted octanol–water partition coefficient (Wildman–Crippen LogP) is -0.896. The van der Waals surface area contributed by atoms with Crippen LogP contribution in [0, 0.1) is 5.92 Å². The summed E-state index contributed by atoms with van der Waals surface area (Å²) in [6.45, 7) is 1.48. The van der Waals surface area contributed by atoms with Gasteiger partial charge in [-0.2, -0.15) is 0 Å². The van der Waals surface area contributed by atoms with E-state index in [4.69, 9.17) is 25.9 Å². The summed E-state index contributed by atoms with van der Waals surface area (Å²) in [6.07, 6.45) is -1.99. The Morgan fingerprint density at radius 3 is 2.53 bits per heavy atom. The molecule has 1 unspecified atom stereocenters. The number of carbonyl (C=O) groups is 4. The van der Waals surface area contributed by atoms with Gasteiger partial charge in [0, 0.05) is 11.8 Å². The summed E-state index contributed by atoms with van der Waals surface area (Å²) >= 11 is 1.03. The van der Waals surface area contributed by atoms with Crippen LogP contribution in [-0.2, 0) is 28.9 Å². The lowest BCUT2D eigenvalue weighted by Crippen LogP contribution is -2.69. The summed E-state index contributed by atoms with van der Waals surface area (Å²) in [4.78, 5) is 60.5. The summed E-state index contributed by atoms with van der Waals surface area (Å²) in [5.41, 5.74) is 4.26. The molecule has 0 saturated carbocycles. The van der Waals surface area contributed by atoms with Crippen molar-refractivity contribution in [3.8, 4) is 0 Å². The van der Waals surface area contributed by atoms with Crippen molar-refractivity contribution >= 4 is 45.8 Å². The lowest BCUT2D eigenvalue weighted by atomic mass is 9.74. The van der Waals surface area contributed by atoms with Crippen molar-refractivity contribution in [2.24, 2.45) is 11.1 Å². The molecule has 5 N–H and O–H groups in total. The van der Waals surface area contributed by atoms with Gasteiger partial charge < -0.3 is 25.9 Å². The van der Waals surface area contributed by atoms with Crippen molar-refractivity contribution in [2.75, 3.05) is 18.9 Å². The van der Waals surface area contributed by atoms with Crippen LogP contribution in [0.1, 0.15) is 26.0 Å². The van der Waals surface area contributed by atoms with E-state index in [0.29, 0.717) is 0 Å². The van der Waals surface area contributed by atoms with Crippen molar-refractivity contribution in [1.82, 2.24) is 10.0 Å². The largest absolute Gasteiger partial charge is 0.479 e. The molecule has 13 nitrogen and oxygen atoms in total. The van der Waals surface area contributed by atoms with Crippen LogP contribution < -0.4 is 5.73 Å². The van der Waals surface area contributed by atoms with Crippen molar-refractivity contribution in [1.29, 1.82) is 0 Å². The molecule has 1 aromatic rings. The van der Waals surface area contributed by atoms with Crippen LogP contribution in [0.25, 0.3) is 0 Å². The SMILES string of the molecule is CC1(C)[C@H](CC(=O)/C(=N\OCC(=O)O)c2csc(N)n2)C(=O)N1OC(CO)C(=O)O. The molecule has 2 rings (SSSR count). The second-order valence-electron chi connectivity index (χ2n) is 6.76. The number of carbonyl (C=O) groups excluding carboxylic acids is 2. The summed E-state index contributed by atoms with van der Waals surface area (Å²) in [5, 5.41) is 32.6. The zero-order valence-electron chi connectivity index (χ0n) is 16.0. The van der Waals surface area contributed by atoms with Crippen LogP contribution in [0.4, 0.5) is 5.13 Å². The first-order valence-electron chi connectivity index (χ1n) is 8.49. The molecule has 0 aliphatic carbocycles. The minimum absolute atomic E-state index is 0.0665.